The second-order valence-corrected chi connectivity index (χ2v) is 5.34. The minimum absolute atomic E-state index is 0.0906. The Morgan fingerprint density at radius 1 is 1.17 bits per heavy atom. The molecule has 0 radical (unpaired) electrons. The third-order valence-corrected chi connectivity index (χ3v) is 4.05. The van der Waals surface area contributed by atoms with E-state index in [-0.39, 0.29) is 6.03 Å². The largest absolute Gasteiger partial charge is 0.335 e. The average molecular weight is 246 g/mol. The van der Waals surface area contributed by atoms with Crippen LogP contribution in [0.1, 0.15) is 33.1 Å². The Morgan fingerprint density at radius 3 is 2.61 bits per heavy atom. The molecule has 0 spiro atoms. The van der Waals surface area contributed by atoms with Gasteiger partial charge < -0.3 is 10.6 Å². The van der Waals surface area contributed by atoms with E-state index in [1.165, 1.54) is 12.8 Å². The topological polar surface area (TPSA) is 41.1 Å². The number of para-hydroxylation sites is 1. The molecule has 0 saturated heterocycles. The zero-order chi connectivity index (χ0) is 13.0. The van der Waals surface area contributed by atoms with Gasteiger partial charge in [-0.1, -0.05) is 44.9 Å². The summed E-state index contributed by atoms with van der Waals surface area (Å²) in [6, 6.07) is 9.78. The van der Waals surface area contributed by atoms with E-state index < -0.39 is 0 Å². The number of benzene rings is 1. The summed E-state index contributed by atoms with van der Waals surface area (Å²) in [5, 5.41) is 5.97. The van der Waals surface area contributed by atoms with Crippen LogP contribution in [-0.4, -0.2) is 12.1 Å². The first-order valence-corrected chi connectivity index (χ1v) is 6.79. The van der Waals surface area contributed by atoms with Crippen LogP contribution in [0.5, 0.6) is 0 Å². The molecular formula is C15H22N2O. The molecule has 3 heteroatoms. The van der Waals surface area contributed by atoms with Crippen LogP contribution >= 0.6 is 0 Å². The van der Waals surface area contributed by atoms with E-state index in [9.17, 15) is 4.79 Å². The lowest BCUT2D eigenvalue weighted by Crippen LogP contribution is -2.45. The average Bonchev–Trinajstić information content (AvgIpc) is 2.36. The summed E-state index contributed by atoms with van der Waals surface area (Å²) in [5.74, 6) is 1.25. The number of carbonyl (C=O) groups is 1. The molecule has 3 nitrogen and oxygen atoms in total. The molecule has 18 heavy (non-hydrogen) atoms. The molecule has 0 aliphatic heterocycles. The van der Waals surface area contributed by atoms with Crippen LogP contribution in [0.4, 0.5) is 10.5 Å². The second-order valence-electron chi connectivity index (χ2n) is 5.34. The highest BCUT2D eigenvalue weighted by atomic mass is 16.2. The van der Waals surface area contributed by atoms with Crippen molar-refractivity contribution < 1.29 is 4.79 Å². The number of urea groups is 1. The summed E-state index contributed by atoms with van der Waals surface area (Å²) in [6.07, 6.45) is 3.58. The molecule has 2 amide bonds. The maximum absolute atomic E-state index is 11.9. The van der Waals surface area contributed by atoms with Crippen LogP contribution < -0.4 is 10.6 Å². The fourth-order valence-electron chi connectivity index (χ4n) is 2.64. The van der Waals surface area contributed by atoms with Gasteiger partial charge in [0.15, 0.2) is 0 Å². The molecular weight excluding hydrogens is 224 g/mol. The lowest BCUT2D eigenvalue weighted by Gasteiger charge is -2.34. The summed E-state index contributed by atoms with van der Waals surface area (Å²) in [5.41, 5.74) is 0.839. The standard InChI is InChI=1S/C15H22N2O/c1-11-7-6-10-14(12(11)2)17-15(18)16-13-8-4-3-5-9-13/h3-5,8-9,11-12,14H,6-7,10H2,1-2H3,(H2,16,17,18)/t11-,12+,14+/m0/s1. The molecule has 1 saturated carbocycles. The molecule has 0 heterocycles. The number of anilines is 1. The molecule has 98 valence electrons. The normalized spacial score (nSPS) is 27.6. The molecule has 0 unspecified atom stereocenters. The van der Waals surface area contributed by atoms with Crippen LogP contribution in [0.15, 0.2) is 30.3 Å². The highest BCUT2D eigenvalue weighted by Crippen LogP contribution is 2.29. The summed E-state index contributed by atoms with van der Waals surface area (Å²) in [7, 11) is 0. The van der Waals surface area contributed by atoms with Crippen molar-refractivity contribution in [3.05, 3.63) is 30.3 Å². The van der Waals surface area contributed by atoms with Crippen molar-refractivity contribution in [2.24, 2.45) is 11.8 Å². The molecule has 1 aromatic rings. The van der Waals surface area contributed by atoms with Gasteiger partial charge in [-0.2, -0.15) is 0 Å². The molecule has 1 aromatic carbocycles. The first-order valence-electron chi connectivity index (χ1n) is 6.79. The van der Waals surface area contributed by atoms with Gasteiger partial charge in [0.05, 0.1) is 0 Å². The maximum atomic E-state index is 11.9. The third-order valence-electron chi connectivity index (χ3n) is 4.05. The molecule has 2 N–H and O–H groups in total. The smallest absolute Gasteiger partial charge is 0.319 e. The van der Waals surface area contributed by atoms with Gasteiger partial charge in [-0.15, -0.1) is 0 Å². The lowest BCUT2D eigenvalue weighted by molar-refractivity contribution is 0.201. The number of nitrogens with one attached hydrogen (secondary N) is 2. The predicted molar refractivity (Wildman–Crippen MR) is 74.6 cm³/mol. The Labute approximate surface area is 109 Å². The zero-order valence-electron chi connectivity index (χ0n) is 11.1. The molecule has 1 fully saturated rings. The van der Waals surface area contributed by atoms with Crippen LogP contribution in [0.25, 0.3) is 0 Å². The summed E-state index contributed by atoms with van der Waals surface area (Å²) in [6.45, 7) is 4.50. The van der Waals surface area contributed by atoms with E-state index >= 15 is 0 Å². The molecule has 3 atom stereocenters. The SMILES string of the molecule is C[C@@H]1[C@@H](C)CCC[C@H]1NC(=O)Nc1ccccc1. The molecule has 0 aromatic heterocycles. The van der Waals surface area contributed by atoms with Gasteiger partial charge in [0.2, 0.25) is 0 Å². The number of carbonyl (C=O) groups excluding carboxylic acids is 1. The quantitative estimate of drug-likeness (QED) is 0.822. The van der Waals surface area contributed by atoms with Crippen molar-refractivity contribution in [2.75, 3.05) is 5.32 Å². The molecule has 1 aliphatic carbocycles. The van der Waals surface area contributed by atoms with Gasteiger partial charge in [-0.05, 0) is 30.4 Å². The van der Waals surface area contributed by atoms with Crippen LogP contribution in [-0.2, 0) is 0 Å². The van der Waals surface area contributed by atoms with Gasteiger partial charge in [0, 0.05) is 11.7 Å². The minimum Gasteiger partial charge on any atom is -0.335 e. The van der Waals surface area contributed by atoms with Crippen molar-refractivity contribution in [2.45, 2.75) is 39.2 Å². The molecule has 1 aliphatic rings. The Kier molecular flexibility index (Phi) is 4.24. The van der Waals surface area contributed by atoms with Crippen molar-refractivity contribution >= 4 is 11.7 Å². The van der Waals surface area contributed by atoms with E-state index in [1.807, 2.05) is 30.3 Å². The number of rotatable bonds is 2. The minimum atomic E-state index is -0.0906. The summed E-state index contributed by atoms with van der Waals surface area (Å²) >= 11 is 0. The van der Waals surface area contributed by atoms with E-state index in [0.29, 0.717) is 17.9 Å². The van der Waals surface area contributed by atoms with Crippen LogP contribution in [0.2, 0.25) is 0 Å². The highest BCUT2D eigenvalue weighted by Gasteiger charge is 2.27. The van der Waals surface area contributed by atoms with Crippen molar-refractivity contribution in [3.8, 4) is 0 Å². The molecule has 0 bridgehead atoms. The van der Waals surface area contributed by atoms with Gasteiger partial charge in [0.1, 0.15) is 0 Å². The first kappa shape index (κ1) is 12.9. The van der Waals surface area contributed by atoms with Crippen molar-refractivity contribution in [1.29, 1.82) is 0 Å². The third kappa shape index (κ3) is 3.25. The number of hydrogen-bond acceptors (Lipinski definition) is 1. The van der Waals surface area contributed by atoms with E-state index in [4.69, 9.17) is 0 Å². The fraction of sp³-hybridized carbons (Fsp3) is 0.533. The van der Waals surface area contributed by atoms with E-state index in [0.717, 1.165) is 12.1 Å². The monoisotopic (exact) mass is 246 g/mol. The summed E-state index contributed by atoms with van der Waals surface area (Å²) in [4.78, 5) is 11.9. The van der Waals surface area contributed by atoms with Crippen molar-refractivity contribution in [3.63, 3.8) is 0 Å². The number of amides is 2. The van der Waals surface area contributed by atoms with Gasteiger partial charge in [-0.3, -0.25) is 0 Å². The van der Waals surface area contributed by atoms with Gasteiger partial charge in [-0.25, -0.2) is 4.79 Å². The predicted octanol–water partition coefficient (Wildman–Crippen LogP) is 3.63. The van der Waals surface area contributed by atoms with E-state index in [1.54, 1.807) is 0 Å². The molecule has 2 rings (SSSR count). The van der Waals surface area contributed by atoms with Gasteiger partial charge >= 0.3 is 6.03 Å². The number of hydrogen-bond donors (Lipinski definition) is 2. The lowest BCUT2D eigenvalue weighted by atomic mass is 9.78. The Morgan fingerprint density at radius 2 is 1.89 bits per heavy atom. The van der Waals surface area contributed by atoms with Crippen molar-refractivity contribution in [1.82, 2.24) is 5.32 Å². The zero-order valence-corrected chi connectivity index (χ0v) is 11.1. The van der Waals surface area contributed by atoms with Gasteiger partial charge in [0.25, 0.3) is 0 Å². The van der Waals surface area contributed by atoms with E-state index in [2.05, 4.69) is 24.5 Å². The Hall–Kier alpha value is -1.51. The second kappa shape index (κ2) is 5.89. The van der Waals surface area contributed by atoms with Crippen LogP contribution in [0.3, 0.4) is 0 Å². The first-order chi connectivity index (χ1) is 8.66. The Balaban J connectivity index is 1.87. The maximum Gasteiger partial charge on any atom is 0.319 e. The van der Waals surface area contributed by atoms with Crippen LogP contribution in [0, 0.1) is 11.8 Å². The summed E-state index contributed by atoms with van der Waals surface area (Å²) < 4.78 is 0. The highest BCUT2D eigenvalue weighted by molar-refractivity contribution is 5.89. The fourth-order valence-corrected chi connectivity index (χ4v) is 2.64. The Bertz CT molecular complexity index is 391.